The van der Waals surface area contributed by atoms with E-state index in [2.05, 4.69) is 13.8 Å². The molecule has 0 heterocycles. The summed E-state index contributed by atoms with van der Waals surface area (Å²) in [6.07, 6.45) is 4.08. The Bertz CT molecular complexity index is 905. The molecule has 0 aliphatic heterocycles. The number of hydrogen-bond donors (Lipinski definition) is 1. The molecule has 0 saturated heterocycles. The van der Waals surface area contributed by atoms with Crippen molar-refractivity contribution in [2.24, 2.45) is 16.7 Å². The van der Waals surface area contributed by atoms with Crippen LogP contribution < -0.4 is 0 Å². The van der Waals surface area contributed by atoms with Gasteiger partial charge in [0.05, 0.1) is 0 Å². The molecule has 3 nitrogen and oxygen atoms in total. The van der Waals surface area contributed by atoms with Crippen molar-refractivity contribution in [2.75, 3.05) is 0 Å². The topological polar surface area (TPSA) is 46.5 Å². The van der Waals surface area contributed by atoms with Gasteiger partial charge in [-0.1, -0.05) is 80.6 Å². The summed E-state index contributed by atoms with van der Waals surface area (Å²) >= 11 is 0. The minimum absolute atomic E-state index is 0.192. The summed E-state index contributed by atoms with van der Waals surface area (Å²) < 4.78 is 6.16. The summed E-state index contributed by atoms with van der Waals surface area (Å²) in [5.41, 5.74) is 0.248. The van der Waals surface area contributed by atoms with Crippen LogP contribution in [0.3, 0.4) is 0 Å². The van der Waals surface area contributed by atoms with Crippen LogP contribution in [0.15, 0.2) is 72.3 Å². The van der Waals surface area contributed by atoms with Crippen LogP contribution in [-0.4, -0.2) is 17.2 Å². The van der Waals surface area contributed by atoms with E-state index in [9.17, 15) is 9.90 Å². The number of rotatable bonds is 5. The molecule has 2 fully saturated rings. The number of carbonyl (C=O) groups is 1. The van der Waals surface area contributed by atoms with Gasteiger partial charge in [-0.05, 0) is 55.6 Å². The van der Waals surface area contributed by atoms with E-state index in [1.54, 1.807) is 13.0 Å². The number of aliphatic hydroxyl groups is 1. The minimum atomic E-state index is -1.26. The van der Waals surface area contributed by atoms with E-state index in [0.29, 0.717) is 11.5 Å². The van der Waals surface area contributed by atoms with E-state index in [-0.39, 0.29) is 17.5 Å². The molecule has 3 heteroatoms. The maximum Gasteiger partial charge on any atom is 0.333 e. The second kappa shape index (κ2) is 7.39. The van der Waals surface area contributed by atoms with Gasteiger partial charge in [0.1, 0.15) is 11.7 Å². The molecule has 4 rings (SSSR count). The standard InChI is InChI=1S/C27H32O3/c1-5-19(2)24(28)30-23-18-22-16-17-26(23,25(22,3)4)27(29,20-12-8-6-9-13-20)21-14-10-7-11-15-21/h5-15,22-23,29H,16-18H2,1-4H3/b19-5+. The molecule has 2 aliphatic carbocycles. The van der Waals surface area contributed by atoms with Gasteiger partial charge < -0.3 is 9.84 Å². The fourth-order valence-electron chi connectivity index (χ4n) is 6.31. The Morgan fingerprint density at radius 3 is 2.07 bits per heavy atom. The largest absolute Gasteiger partial charge is 0.458 e. The van der Waals surface area contributed by atoms with Crippen LogP contribution in [-0.2, 0) is 15.1 Å². The molecule has 0 amide bonds. The zero-order valence-corrected chi connectivity index (χ0v) is 18.4. The van der Waals surface area contributed by atoms with Gasteiger partial charge in [-0.25, -0.2) is 4.79 Å². The quantitative estimate of drug-likeness (QED) is 0.519. The Balaban J connectivity index is 1.94. The van der Waals surface area contributed by atoms with Gasteiger partial charge in [0.15, 0.2) is 0 Å². The van der Waals surface area contributed by atoms with Crippen molar-refractivity contribution in [3.8, 4) is 0 Å². The highest BCUT2D eigenvalue weighted by Gasteiger charge is 2.74. The minimum Gasteiger partial charge on any atom is -0.458 e. The van der Waals surface area contributed by atoms with Crippen LogP contribution in [0.5, 0.6) is 0 Å². The molecule has 30 heavy (non-hydrogen) atoms. The maximum absolute atomic E-state index is 12.8. The summed E-state index contributed by atoms with van der Waals surface area (Å²) in [7, 11) is 0. The number of esters is 1. The van der Waals surface area contributed by atoms with Crippen molar-refractivity contribution in [1.82, 2.24) is 0 Å². The van der Waals surface area contributed by atoms with Crippen LogP contribution in [0.25, 0.3) is 0 Å². The fourth-order valence-corrected chi connectivity index (χ4v) is 6.31. The number of hydrogen-bond acceptors (Lipinski definition) is 3. The highest BCUT2D eigenvalue weighted by molar-refractivity contribution is 5.87. The van der Waals surface area contributed by atoms with E-state index in [1.807, 2.05) is 67.6 Å². The lowest BCUT2D eigenvalue weighted by Crippen LogP contribution is -2.57. The molecule has 2 aliphatic rings. The Kier molecular flexibility index (Phi) is 5.14. The van der Waals surface area contributed by atoms with Crippen molar-refractivity contribution in [2.45, 2.75) is 58.7 Å². The van der Waals surface area contributed by atoms with Gasteiger partial charge in [0.2, 0.25) is 0 Å². The molecule has 2 bridgehead atoms. The van der Waals surface area contributed by atoms with Crippen molar-refractivity contribution in [3.05, 3.63) is 83.4 Å². The third-order valence-corrected chi connectivity index (χ3v) is 8.14. The summed E-state index contributed by atoms with van der Waals surface area (Å²) in [6, 6.07) is 19.8. The second-order valence-electron chi connectivity index (χ2n) is 9.47. The van der Waals surface area contributed by atoms with Crippen LogP contribution in [0.2, 0.25) is 0 Å². The first kappa shape index (κ1) is 20.9. The Hall–Kier alpha value is -2.39. The van der Waals surface area contributed by atoms with Gasteiger partial charge in [0, 0.05) is 11.0 Å². The number of benzene rings is 2. The normalized spacial score (nSPS) is 27.8. The summed E-state index contributed by atoms with van der Waals surface area (Å²) in [5.74, 6) is 0.119. The van der Waals surface area contributed by atoms with Crippen LogP contribution in [0.4, 0.5) is 0 Å². The average molecular weight is 405 g/mol. The number of ether oxygens (including phenoxy) is 1. The molecule has 0 spiro atoms. The number of carbonyl (C=O) groups excluding carboxylic acids is 1. The van der Waals surface area contributed by atoms with E-state index in [0.717, 1.165) is 30.4 Å². The monoisotopic (exact) mass is 404 g/mol. The molecule has 0 aromatic heterocycles. The molecule has 3 unspecified atom stereocenters. The van der Waals surface area contributed by atoms with Gasteiger partial charge >= 0.3 is 5.97 Å². The summed E-state index contributed by atoms with van der Waals surface area (Å²) in [5, 5.41) is 12.7. The second-order valence-corrected chi connectivity index (χ2v) is 9.47. The van der Waals surface area contributed by atoms with Gasteiger partial charge in [-0.15, -0.1) is 0 Å². The smallest absolute Gasteiger partial charge is 0.333 e. The third kappa shape index (κ3) is 2.71. The van der Waals surface area contributed by atoms with Crippen molar-refractivity contribution < 1.29 is 14.6 Å². The zero-order chi connectivity index (χ0) is 21.6. The first-order valence-corrected chi connectivity index (χ1v) is 11.0. The summed E-state index contributed by atoms with van der Waals surface area (Å²) in [4.78, 5) is 12.8. The molecular weight excluding hydrogens is 372 g/mol. The number of fused-ring (bicyclic) bond motifs is 2. The van der Waals surface area contributed by atoms with Crippen molar-refractivity contribution >= 4 is 5.97 Å². The third-order valence-electron chi connectivity index (χ3n) is 8.14. The Morgan fingerprint density at radius 2 is 1.60 bits per heavy atom. The first-order valence-electron chi connectivity index (χ1n) is 11.0. The molecule has 158 valence electrons. The molecule has 3 atom stereocenters. The molecule has 2 aromatic carbocycles. The van der Waals surface area contributed by atoms with E-state index < -0.39 is 11.0 Å². The Labute approximate surface area is 179 Å². The SMILES string of the molecule is C/C=C(\C)C(=O)OC1CC2CCC1(C(O)(c1ccccc1)c1ccccc1)C2(C)C. The fraction of sp³-hybridized carbons (Fsp3) is 0.444. The van der Waals surface area contributed by atoms with Crippen molar-refractivity contribution in [1.29, 1.82) is 0 Å². The predicted molar refractivity (Wildman–Crippen MR) is 119 cm³/mol. The Morgan fingerprint density at radius 1 is 1.07 bits per heavy atom. The predicted octanol–water partition coefficient (Wildman–Crippen LogP) is 5.63. The van der Waals surface area contributed by atoms with Crippen LogP contribution >= 0.6 is 0 Å². The molecule has 0 radical (unpaired) electrons. The molecule has 2 saturated carbocycles. The lowest BCUT2D eigenvalue weighted by Gasteiger charge is -2.53. The average Bonchev–Trinajstić information content (AvgIpc) is 3.16. The first-order chi connectivity index (χ1) is 14.3. The van der Waals surface area contributed by atoms with E-state index in [4.69, 9.17) is 4.74 Å². The van der Waals surface area contributed by atoms with Crippen LogP contribution in [0, 0.1) is 16.7 Å². The molecule has 2 aromatic rings. The lowest BCUT2D eigenvalue weighted by atomic mass is 9.54. The van der Waals surface area contributed by atoms with E-state index in [1.165, 1.54) is 0 Å². The van der Waals surface area contributed by atoms with Gasteiger partial charge in [-0.2, -0.15) is 0 Å². The highest BCUT2D eigenvalue weighted by Crippen LogP contribution is 2.73. The summed E-state index contributed by atoms with van der Waals surface area (Å²) in [6.45, 7) is 8.13. The van der Waals surface area contributed by atoms with E-state index >= 15 is 0 Å². The molecule has 1 N–H and O–H groups in total. The van der Waals surface area contributed by atoms with Crippen LogP contribution in [0.1, 0.15) is 58.1 Å². The zero-order valence-electron chi connectivity index (χ0n) is 18.4. The van der Waals surface area contributed by atoms with Gasteiger partial charge in [-0.3, -0.25) is 0 Å². The lowest BCUT2D eigenvalue weighted by molar-refractivity contribution is -0.181. The van der Waals surface area contributed by atoms with Gasteiger partial charge in [0.25, 0.3) is 0 Å². The maximum atomic E-state index is 12.8. The number of allylic oxidation sites excluding steroid dienone is 1. The molecular formula is C27H32O3. The van der Waals surface area contributed by atoms with Crippen molar-refractivity contribution in [3.63, 3.8) is 0 Å². The highest BCUT2D eigenvalue weighted by atomic mass is 16.5.